The number of pyridine rings is 1. The first-order chi connectivity index (χ1) is 16.7. The van der Waals surface area contributed by atoms with Crippen LogP contribution in [0.25, 0.3) is 10.8 Å². The number of aromatic nitrogens is 1. The number of hydrogen-bond donors (Lipinski definition) is 1. The second-order valence-corrected chi connectivity index (χ2v) is 8.87. The lowest BCUT2D eigenvalue weighted by Crippen LogP contribution is -2.21. The number of Topliss-reactive ketones (excluding diaryl/α,β-unsaturated/α-hetero) is 1. The van der Waals surface area contributed by atoms with Crippen LogP contribution in [0.1, 0.15) is 67.3 Å². The van der Waals surface area contributed by atoms with E-state index < -0.39 is 0 Å². The van der Waals surface area contributed by atoms with Crippen molar-refractivity contribution >= 4 is 16.6 Å². The van der Waals surface area contributed by atoms with Crippen LogP contribution in [0.3, 0.4) is 0 Å². The summed E-state index contributed by atoms with van der Waals surface area (Å²) in [5.41, 5.74) is 1.22. The monoisotopic (exact) mass is 463 g/mol. The highest BCUT2D eigenvalue weighted by Crippen LogP contribution is 2.31. The molecular formula is C28H33NO5. The standard InChI is InChI=1S/C21H19NO5.C7H14/c23-9-7-18(24)16-2-1-3-17-15(16)6-8-22(21(17)25)13-14-4-5-19-20(12-14)27-11-10-26-19;1-2-4-6-7-5-3-1/h1-6,8,12,23H,7,9-11,13H2;1-7H2. The summed E-state index contributed by atoms with van der Waals surface area (Å²) in [5.74, 6) is 1.22. The van der Waals surface area contributed by atoms with Crippen LogP contribution >= 0.6 is 0 Å². The maximum atomic E-state index is 12.9. The van der Waals surface area contributed by atoms with E-state index in [2.05, 4.69) is 0 Å². The van der Waals surface area contributed by atoms with E-state index in [0.717, 1.165) is 5.56 Å². The molecule has 6 nitrogen and oxygen atoms in total. The van der Waals surface area contributed by atoms with Crippen LogP contribution in [0.2, 0.25) is 0 Å². The van der Waals surface area contributed by atoms with Gasteiger partial charge in [-0.05, 0) is 35.2 Å². The van der Waals surface area contributed by atoms with Gasteiger partial charge in [0.1, 0.15) is 13.2 Å². The van der Waals surface area contributed by atoms with Crippen molar-refractivity contribution in [2.24, 2.45) is 0 Å². The number of hydrogen-bond acceptors (Lipinski definition) is 5. The molecule has 0 unspecified atom stereocenters. The van der Waals surface area contributed by atoms with Gasteiger partial charge in [0.2, 0.25) is 0 Å². The summed E-state index contributed by atoms with van der Waals surface area (Å²) in [5, 5.41) is 10.1. The molecule has 180 valence electrons. The van der Waals surface area contributed by atoms with Gasteiger partial charge in [-0.25, -0.2) is 0 Å². The lowest BCUT2D eigenvalue weighted by molar-refractivity contribution is 0.0958. The van der Waals surface area contributed by atoms with Crippen molar-refractivity contribution < 1.29 is 19.4 Å². The molecule has 0 bridgehead atoms. The number of benzene rings is 2. The first-order valence-electron chi connectivity index (χ1n) is 12.3. The third kappa shape index (κ3) is 5.86. The summed E-state index contributed by atoms with van der Waals surface area (Å²) >= 11 is 0. The Bertz CT molecular complexity index is 1160. The summed E-state index contributed by atoms with van der Waals surface area (Å²) in [6, 6.07) is 12.5. The fourth-order valence-electron chi connectivity index (χ4n) is 4.54. The summed E-state index contributed by atoms with van der Waals surface area (Å²) in [4.78, 5) is 25.1. The quantitative estimate of drug-likeness (QED) is 0.420. The first kappa shape index (κ1) is 24.0. The van der Waals surface area contributed by atoms with E-state index in [0.29, 0.717) is 47.6 Å². The van der Waals surface area contributed by atoms with Gasteiger partial charge in [-0.3, -0.25) is 9.59 Å². The highest BCUT2D eigenvalue weighted by atomic mass is 16.6. The van der Waals surface area contributed by atoms with Crippen LogP contribution in [0.5, 0.6) is 11.5 Å². The van der Waals surface area contributed by atoms with Crippen molar-refractivity contribution in [1.29, 1.82) is 0 Å². The van der Waals surface area contributed by atoms with Gasteiger partial charge < -0.3 is 19.1 Å². The van der Waals surface area contributed by atoms with Crippen molar-refractivity contribution in [3.05, 3.63) is 70.1 Å². The van der Waals surface area contributed by atoms with Crippen molar-refractivity contribution in [2.75, 3.05) is 19.8 Å². The minimum Gasteiger partial charge on any atom is -0.486 e. The highest BCUT2D eigenvalue weighted by Gasteiger charge is 2.14. The van der Waals surface area contributed by atoms with Gasteiger partial charge in [0, 0.05) is 23.6 Å². The molecule has 1 fully saturated rings. The van der Waals surface area contributed by atoms with Crippen molar-refractivity contribution in [1.82, 2.24) is 4.57 Å². The fourth-order valence-corrected chi connectivity index (χ4v) is 4.54. The van der Waals surface area contributed by atoms with E-state index in [1.54, 1.807) is 35.0 Å². The maximum Gasteiger partial charge on any atom is 0.258 e. The van der Waals surface area contributed by atoms with Gasteiger partial charge in [-0.1, -0.05) is 63.1 Å². The van der Waals surface area contributed by atoms with E-state index in [1.807, 2.05) is 18.2 Å². The molecule has 1 aliphatic heterocycles. The Hall–Kier alpha value is -3.12. The number of rotatable bonds is 5. The average Bonchev–Trinajstić information content (AvgIpc) is 3.19. The zero-order valence-corrected chi connectivity index (χ0v) is 19.6. The van der Waals surface area contributed by atoms with Crippen LogP contribution in [0.15, 0.2) is 53.5 Å². The summed E-state index contributed by atoms with van der Waals surface area (Å²) in [7, 11) is 0. The number of ketones is 1. The number of nitrogens with zero attached hydrogens (tertiary/aromatic N) is 1. The molecule has 1 aliphatic carbocycles. The lowest BCUT2D eigenvalue weighted by atomic mass is 10.0. The van der Waals surface area contributed by atoms with E-state index in [9.17, 15) is 9.59 Å². The first-order valence-corrected chi connectivity index (χ1v) is 12.3. The SMILES string of the molecule is C1CCCCCC1.O=C(CCO)c1cccc2c(=O)n(Cc3ccc4c(c3)OCCO4)ccc12. The molecule has 0 amide bonds. The zero-order chi connectivity index (χ0) is 23.8. The molecule has 0 spiro atoms. The Labute approximate surface area is 200 Å². The van der Waals surface area contributed by atoms with E-state index in [4.69, 9.17) is 14.6 Å². The van der Waals surface area contributed by atoms with Gasteiger partial charge in [0.15, 0.2) is 17.3 Å². The summed E-state index contributed by atoms with van der Waals surface area (Å²) in [6.45, 7) is 1.22. The Morgan fingerprint density at radius 3 is 2.21 bits per heavy atom. The van der Waals surface area contributed by atoms with Gasteiger partial charge in [0.25, 0.3) is 5.56 Å². The predicted molar refractivity (Wildman–Crippen MR) is 133 cm³/mol. The van der Waals surface area contributed by atoms with Crippen molar-refractivity contribution in [3.63, 3.8) is 0 Å². The Morgan fingerprint density at radius 2 is 1.53 bits per heavy atom. The number of ether oxygens (including phenoxy) is 2. The molecule has 34 heavy (non-hydrogen) atoms. The Kier molecular flexibility index (Phi) is 8.36. The molecule has 2 aromatic carbocycles. The number of aliphatic hydroxyl groups excluding tert-OH is 1. The minimum absolute atomic E-state index is 0.0411. The molecule has 1 saturated carbocycles. The second kappa shape index (κ2) is 11.8. The zero-order valence-electron chi connectivity index (χ0n) is 19.6. The average molecular weight is 464 g/mol. The van der Waals surface area contributed by atoms with Gasteiger partial charge in [-0.15, -0.1) is 0 Å². The molecule has 2 aliphatic rings. The van der Waals surface area contributed by atoms with Crippen molar-refractivity contribution in [2.45, 2.75) is 57.9 Å². The minimum atomic E-state index is -0.212. The molecule has 3 aromatic rings. The summed E-state index contributed by atoms with van der Waals surface area (Å²) < 4.78 is 12.7. The second-order valence-electron chi connectivity index (χ2n) is 8.87. The molecule has 0 radical (unpaired) electrons. The van der Waals surface area contributed by atoms with Crippen LogP contribution in [-0.4, -0.2) is 35.3 Å². The van der Waals surface area contributed by atoms with Crippen LogP contribution in [-0.2, 0) is 6.54 Å². The number of fused-ring (bicyclic) bond motifs is 2. The van der Waals surface area contributed by atoms with Crippen molar-refractivity contribution in [3.8, 4) is 11.5 Å². The van der Waals surface area contributed by atoms with Gasteiger partial charge >= 0.3 is 0 Å². The topological polar surface area (TPSA) is 77.8 Å². The Morgan fingerprint density at radius 1 is 0.853 bits per heavy atom. The van der Waals surface area contributed by atoms with Gasteiger partial charge in [0.05, 0.1) is 13.2 Å². The maximum absolute atomic E-state index is 12.9. The molecule has 6 heteroatoms. The molecule has 0 saturated heterocycles. The highest BCUT2D eigenvalue weighted by molar-refractivity contribution is 6.07. The molecular weight excluding hydrogens is 430 g/mol. The molecule has 5 rings (SSSR count). The smallest absolute Gasteiger partial charge is 0.258 e. The predicted octanol–water partition coefficient (Wildman–Crippen LogP) is 5.12. The summed E-state index contributed by atoms with van der Waals surface area (Å²) in [6.07, 6.45) is 12.2. The number of aliphatic hydroxyl groups is 1. The Balaban J connectivity index is 0.000000336. The molecule has 1 N–H and O–H groups in total. The molecule has 2 heterocycles. The normalized spacial score (nSPS) is 15.2. The van der Waals surface area contributed by atoms with Crippen LogP contribution < -0.4 is 15.0 Å². The van der Waals surface area contributed by atoms with E-state index in [-0.39, 0.29) is 24.4 Å². The largest absolute Gasteiger partial charge is 0.486 e. The third-order valence-corrected chi connectivity index (χ3v) is 6.37. The van der Waals surface area contributed by atoms with E-state index >= 15 is 0 Å². The van der Waals surface area contributed by atoms with Crippen LogP contribution in [0, 0.1) is 0 Å². The molecule has 1 aromatic heterocycles. The van der Waals surface area contributed by atoms with Gasteiger partial charge in [-0.2, -0.15) is 0 Å². The number of carbonyl (C=O) groups is 1. The molecule has 0 atom stereocenters. The fraction of sp³-hybridized carbons (Fsp3) is 0.429. The lowest BCUT2D eigenvalue weighted by Gasteiger charge is -2.19. The number of carbonyl (C=O) groups excluding carboxylic acids is 1. The van der Waals surface area contributed by atoms with Crippen LogP contribution in [0.4, 0.5) is 0 Å². The van der Waals surface area contributed by atoms with E-state index in [1.165, 1.54) is 44.9 Å². The third-order valence-electron chi connectivity index (χ3n) is 6.37.